The number of imidazole rings is 1. The molecule has 5 heteroatoms. The zero-order chi connectivity index (χ0) is 12.7. The molecule has 1 unspecified atom stereocenters. The fourth-order valence-electron chi connectivity index (χ4n) is 2.80. The van der Waals surface area contributed by atoms with Crippen LogP contribution >= 0.6 is 11.6 Å². The minimum Gasteiger partial charge on any atom is -0.305 e. The highest BCUT2D eigenvalue weighted by Gasteiger charge is 2.26. The van der Waals surface area contributed by atoms with Gasteiger partial charge in [0.1, 0.15) is 0 Å². The predicted octanol–water partition coefficient (Wildman–Crippen LogP) is 2.25. The number of fused-ring (bicyclic) bond motifs is 1. The van der Waals surface area contributed by atoms with E-state index in [0.29, 0.717) is 5.02 Å². The molecule has 1 fully saturated rings. The van der Waals surface area contributed by atoms with E-state index in [-0.39, 0.29) is 11.7 Å². The summed E-state index contributed by atoms with van der Waals surface area (Å²) in [7, 11) is 0. The van der Waals surface area contributed by atoms with E-state index in [1.54, 1.807) is 0 Å². The van der Waals surface area contributed by atoms with E-state index in [0.717, 1.165) is 37.1 Å². The molecular weight excluding hydrogens is 250 g/mol. The molecular formula is C13H16ClN3O. The maximum absolute atomic E-state index is 12.1. The van der Waals surface area contributed by atoms with Crippen molar-refractivity contribution in [3.8, 4) is 0 Å². The van der Waals surface area contributed by atoms with Crippen molar-refractivity contribution in [3.63, 3.8) is 0 Å². The number of halogens is 1. The summed E-state index contributed by atoms with van der Waals surface area (Å²) >= 11 is 6.23. The molecule has 0 aliphatic carbocycles. The Morgan fingerprint density at radius 1 is 1.50 bits per heavy atom. The van der Waals surface area contributed by atoms with Gasteiger partial charge in [0.25, 0.3) is 0 Å². The third-order valence-electron chi connectivity index (χ3n) is 3.75. The van der Waals surface area contributed by atoms with Gasteiger partial charge in [0, 0.05) is 13.1 Å². The lowest BCUT2D eigenvalue weighted by Gasteiger charge is -2.14. The van der Waals surface area contributed by atoms with E-state index in [1.807, 2.05) is 22.8 Å². The smallest absolute Gasteiger partial charge is 0.305 e. The Labute approximate surface area is 110 Å². The molecule has 1 saturated heterocycles. The number of likely N-dealkylation sites (N-methyl/N-ethyl adjacent to an activating group) is 1. The van der Waals surface area contributed by atoms with Crippen molar-refractivity contribution in [2.45, 2.75) is 19.4 Å². The molecule has 96 valence electrons. The van der Waals surface area contributed by atoms with Crippen molar-refractivity contribution in [2.24, 2.45) is 0 Å². The molecule has 0 amide bonds. The number of nitrogens with zero attached hydrogens (tertiary/aromatic N) is 2. The Bertz CT molecular complexity index is 631. The van der Waals surface area contributed by atoms with E-state index in [4.69, 9.17) is 11.6 Å². The first-order valence-corrected chi connectivity index (χ1v) is 6.69. The minimum absolute atomic E-state index is 0.0546. The topological polar surface area (TPSA) is 41.0 Å². The van der Waals surface area contributed by atoms with Crippen LogP contribution < -0.4 is 5.69 Å². The Hall–Kier alpha value is -1.26. The SMILES string of the molecule is CCN1CCC(n2c(=O)[nH]c3cccc(Cl)c32)C1. The van der Waals surface area contributed by atoms with Gasteiger partial charge in [-0.05, 0) is 25.1 Å². The Balaban J connectivity index is 2.12. The second kappa shape index (κ2) is 4.44. The molecule has 1 aromatic heterocycles. The second-order valence-corrected chi connectivity index (χ2v) is 5.18. The first-order valence-electron chi connectivity index (χ1n) is 6.31. The standard InChI is InChI=1S/C13H16ClN3O/c1-2-16-7-6-9(8-16)17-12-10(14)4-3-5-11(12)15-13(17)18/h3-5,9H,2,6-8H2,1H3,(H,15,18). The summed E-state index contributed by atoms with van der Waals surface area (Å²) in [6, 6.07) is 5.81. The monoisotopic (exact) mass is 265 g/mol. The van der Waals surface area contributed by atoms with E-state index < -0.39 is 0 Å². The van der Waals surface area contributed by atoms with Crippen LogP contribution in [0.2, 0.25) is 5.02 Å². The van der Waals surface area contributed by atoms with Crippen LogP contribution in [0.3, 0.4) is 0 Å². The molecule has 1 aliphatic rings. The zero-order valence-corrected chi connectivity index (χ0v) is 11.1. The highest BCUT2D eigenvalue weighted by Crippen LogP contribution is 2.27. The lowest BCUT2D eigenvalue weighted by atomic mass is 10.2. The number of aromatic amines is 1. The maximum Gasteiger partial charge on any atom is 0.326 e. The highest BCUT2D eigenvalue weighted by molar-refractivity contribution is 6.34. The van der Waals surface area contributed by atoms with Crippen LogP contribution in [0.15, 0.2) is 23.0 Å². The Morgan fingerprint density at radius 2 is 2.33 bits per heavy atom. The van der Waals surface area contributed by atoms with Crippen LogP contribution in [-0.4, -0.2) is 34.1 Å². The van der Waals surface area contributed by atoms with E-state index in [9.17, 15) is 4.79 Å². The lowest BCUT2D eigenvalue weighted by molar-refractivity contribution is 0.341. The van der Waals surface area contributed by atoms with Crippen LogP contribution in [0.4, 0.5) is 0 Å². The number of hydrogen-bond acceptors (Lipinski definition) is 2. The van der Waals surface area contributed by atoms with Crippen molar-refractivity contribution >= 4 is 22.6 Å². The normalized spacial score (nSPS) is 20.9. The number of hydrogen-bond donors (Lipinski definition) is 1. The number of benzene rings is 1. The van der Waals surface area contributed by atoms with Gasteiger partial charge in [0.2, 0.25) is 0 Å². The number of para-hydroxylation sites is 1. The van der Waals surface area contributed by atoms with Crippen molar-refractivity contribution in [1.82, 2.24) is 14.5 Å². The highest BCUT2D eigenvalue weighted by atomic mass is 35.5. The number of aromatic nitrogens is 2. The zero-order valence-electron chi connectivity index (χ0n) is 10.3. The molecule has 3 rings (SSSR count). The molecule has 0 spiro atoms. The lowest BCUT2D eigenvalue weighted by Crippen LogP contribution is -2.26. The van der Waals surface area contributed by atoms with Crippen LogP contribution in [-0.2, 0) is 0 Å². The summed E-state index contributed by atoms with van der Waals surface area (Å²) in [6.45, 7) is 5.15. The van der Waals surface area contributed by atoms with Crippen molar-refractivity contribution in [1.29, 1.82) is 0 Å². The van der Waals surface area contributed by atoms with Crippen molar-refractivity contribution in [2.75, 3.05) is 19.6 Å². The molecule has 18 heavy (non-hydrogen) atoms. The van der Waals surface area contributed by atoms with Crippen LogP contribution in [0.5, 0.6) is 0 Å². The summed E-state index contributed by atoms with van der Waals surface area (Å²) in [5.41, 5.74) is 1.61. The van der Waals surface area contributed by atoms with Gasteiger partial charge in [-0.2, -0.15) is 0 Å². The summed E-state index contributed by atoms with van der Waals surface area (Å²) in [6.07, 6.45) is 1.01. The fourth-order valence-corrected chi connectivity index (χ4v) is 3.06. The molecule has 1 aromatic carbocycles. The number of H-pyrrole nitrogens is 1. The van der Waals surface area contributed by atoms with E-state index in [2.05, 4.69) is 16.8 Å². The summed E-state index contributed by atoms with van der Waals surface area (Å²) in [5, 5.41) is 0.640. The molecule has 2 heterocycles. The molecule has 0 radical (unpaired) electrons. The molecule has 1 aliphatic heterocycles. The quantitative estimate of drug-likeness (QED) is 0.905. The number of likely N-dealkylation sites (tertiary alicyclic amines) is 1. The Morgan fingerprint density at radius 3 is 3.06 bits per heavy atom. The minimum atomic E-state index is -0.0546. The van der Waals surface area contributed by atoms with Crippen LogP contribution in [0.1, 0.15) is 19.4 Å². The summed E-state index contributed by atoms with van der Waals surface area (Å²) in [4.78, 5) is 17.3. The van der Waals surface area contributed by atoms with Gasteiger partial charge in [-0.3, -0.25) is 4.57 Å². The van der Waals surface area contributed by atoms with E-state index in [1.165, 1.54) is 0 Å². The molecule has 2 aromatic rings. The fraction of sp³-hybridized carbons (Fsp3) is 0.462. The van der Waals surface area contributed by atoms with Gasteiger partial charge in [0.05, 0.1) is 22.1 Å². The van der Waals surface area contributed by atoms with Gasteiger partial charge < -0.3 is 9.88 Å². The second-order valence-electron chi connectivity index (χ2n) is 4.77. The molecule has 0 bridgehead atoms. The van der Waals surface area contributed by atoms with E-state index >= 15 is 0 Å². The van der Waals surface area contributed by atoms with Crippen LogP contribution in [0, 0.1) is 0 Å². The average molecular weight is 266 g/mol. The van der Waals surface area contributed by atoms with Gasteiger partial charge >= 0.3 is 5.69 Å². The molecule has 0 saturated carbocycles. The molecule has 1 N–H and O–H groups in total. The summed E-state index contributed by atoms with van der Waals surface area (Å²) in [5.74, 6) is 0. The van der Waals surface area contributed by atoms with Crippen molar-refractivity contribution in [3.05, 3.63) is 33.7 Å². The van der Waals surface area contributed by atoms with Gasteiger partial charge in [-0.15, -0.1) is 0 Å². The van der Waals surface area contributed by atoms with Gasteiger partial charge in [0.15, 0.2) is 0 Å². The number of nitrogens with one attached hydrogen (secondary N) is 1. The predicted molar refractivity (Wildman–Crippen MR) is 73.3 cm³/mol. The molecule has 4 nitrogen and oxygen atoms in total. The molecule has 1 atom stereocenters. The Kier molecular flexibility index (Phi) is 2.92. The third-order valence-corrected chi connectivity index (χ3v) is 4.05. The number of rotatable bonds is 2. The first kappa shape index (κ1) is 11.8. The van der Waals surface area contributed by atoms with Gasteiger partial charge in [-0.25, -0.2) is 4.79 Å². The average Bonchev–Trinajstić information content (AvgIpc) is 2.92. The summed E-state index contributed by atoms with van der Waals surface area (Å²) < 4.78 is 1.83. The first-order chi connectivity index (χ1) is 8.70. The van der Waals surface area contributed by atoms with Crippen molar-refractivity contribution < 1.29 is 0 Å². The largest absolute Gasteiger partial charge is 0.326 e. The maximum atomic E-state index is 12.1. The third kappa shape index (κ3) is 1.76. The van der Waals surface area contributed by atoms with Crippen LogP contribution in [0.25, 0.3) is 11.0 Å². The van der Waals surface area contributed by atoms with Gasteiger partial charge in [-0.1, -0.05) is 24.6 Å².